The van der Waals surface area contributed by atoms with Gasteiger partial charge < -0.3 is 15.2 Å². The Balaban J connectivity index is 0.000000339. The molecule has 3 atom stereocenters. The summed E-state index contributed by atoms with van der Waals surface area (Å²) in [7, 11) is 0. The van der Waals surface area contributed by atoms with Gasteiger partial charge in [-0.2, -0.15) is 13.2 Å². The number of amides is 1. The van der Waals surface area contributed by atoms with Gasteiger partial charge in [-0.1, -0.05) is 30.3 Å². The van der Waals surface area contributed by atoms with Crippen LogP contribution in [0, 0.1) is 17.8 Å². The Hall–Kier alpha value is -2.13. The van der Waals surface area contributed by atoms with E-state index >= 15 is 0 Å². The van der Waals surface area contributed by atoms with Crippen molar-refractivity contribution in [2.24, 2.45) is 17.8 Å². The lowest BCUT2D eigenvalue weighted by atomic mass is 9.82. The van der Waals surface area contributed by atoms with Gasteiger partial charge in [0.2, 0.25) is 5.91 Å². The maximum absolute atomic E-state index is 12.7. The highest BCUT2D eigenvalue weighted by atomic mass is 19.4. The first kappa shape index (κ1) is 23.5. The van der Waals surface area contributed by atoms with Gasteiger partial charge in [-0.05, 0) is 37.2 Å². The zero-order chi connectivity index (χ0) is 22.4. The Kier molecular flexibility index (Phi) is 7.94. The number of piperidine rings is 1. The number of rotatable bonds is 6. The van der Waals surface area contributed by atoms with Crippen molar-refractivity contribution in [3.8, 4) is 0 Å². The van der Waals surface area contributed by atoms with Gasteiger partial charge in [0.15, 0.2) is 0 Å². The number of hydrogen-bond acceptors (Lipinski definition) is 4. The van der Waals surface area contributed by atoms with Crippen LogP contribution in [-0.4, -0.2) is 66.9 Å². The van der Waals surface area contributed by atoms with Gasteiger partial charge in [-0.3, -0.25) is 9.69 Å². The number of alkyl halides is 3. The highest BCUT2D eigenvalue weighted by Crippen LogP contribution is 2.34. The number of likely N-dealkylation sites (tertiary alicyclic amines) is 1. The van der Waals surface area contributed by atoms with E-state index in [1.807, 2.05) is 0 Å². The number of carbonyl (C=O) groups is 2. The molecule has 0 radical (unpaired) electrons. The quantitative estimate of drug-likeness (QED) is 0.708. The Bertz CT molecular complexity index is 740. The maximum Gasteiger partial charge on any atom is 0.490 e. The van der Waals surface area contributed by atoms with Crippen LogP contribution in [0.4, 0.5) is 13.2 Å². The number of nitrogens with zero attached hydrogens (tertiary/aromatic N) is 1. The Labute approximate surface area is 179 Å². The van der Waals surface area contributed by atoms with Gasteiger partial charge in [0.25, 0.3) is 0 Å². The monoisotopic (exact) mass is 442 g/mol. The molecular formula is C22H29F3N2O4. The molecule has 172 valence electrons. The lowest BCUT2D eigenvalue weighted by Gasteiger charge is -2.39. The van der Waals surface area contributed by atoms with Crippen LogP contribution in [0.15, 0.2) is 30.3 Å². The van der Waals surface area contributed by atoms with Crippen molar-refractivity contribution in [1.29, 1.82) is 0 Å². The number of hydrogen-bond donors (Lipinski definition) is 2. The molecule has 1 saturated carbocycles. The molecule has 2 aliphatic heterocycles. The third-order valence-corrected chi connectivity index (χ3v) is 6.07. The number of benzene rings is 1. The van der Waals surface area contributed by atoms with E-state index in [9.17, 15) is 18.0 Å². The van der Waals surface area contributed by atoms with Crippen LogP contribution in [0.2, 0.25) is 0 Å². The predicted octanol–water partition coefficient (Wildman–Crippen LogP) is 2.73. The molecule has 2 saturated heterocycles. The van der Waals surface area contributed by atoms with Crippen LogP contribution in [0.1, 0.15) is 24.8 Å². The van der Waals surface area contributed by atoms with E-state index in [-0.39, 0.29) is 17.9 Å². The summed E-state index contributed by atoms with van der Waals surface area (Å²) in [5, 5.41) is 10.3. The lowest BCUT2D eigenvalue weighted by Crippen LogP contribution is -2.53. The molecule has 9 heteroatoms. The summed E-state index contributed by atoms with van der Waals surface area (Å²) in [5.41, 5.74) is 1.36. The Morgan fingerprint density at radius 2 is 1.81 bits per heavy atom. The number of nitrogens with one attached hydrogen (secondary N) is 1. The highest BCUT2D eigenvalue weighted by Gasteiger charge is 2.44. The fourth-order valence-electron chi connectivity index (χ4n) is 4.15. The maximum atomic E-state index is 12.7. The average Bonchev–Trinajstić information content (AvgIpc) is 3.45. The van der Waals surface area contributed by atoms with Crippen LogP contribution in [0.25, 0.3) is 0 Å². The smallest absolute Gasteiger partial charge is 0.475 e. The summed E-state index contributed by atoms with van der Waals surface area (Å²) in [6.45, 7) is 4.55. The van der Waals surface area contributed by atoms with Crippen molar-refractivity contribution in [3.05, 3.63) is 35.9 Å². The van der Waals surface area contributed by atoms with Crippen molar-refractivity contribution in [3.63, 3.8) is 0 Å². The first-order valence-electron chi connectivity index (χ1n) is 10.7. The van der Waals surface area contributed by atoms with E-state index in [1.54, 1.807) is 0 Å². The topological polar surface area (TPSA) is 78.9 Å². The SMILES string of the molecule is O=C(NCC1CC1)[C@H]1CN(CCc2ccccc2)C[C@H]2OCC[C@@H]12.O=C(O)C(F)(F)F. The van der Waals surface area contributed by atoms with Crippen LogP contribution in [-0.2, 0) is 20.7 Å². The highest BCUT2D eigenvalue weighted by molar-refractivity contribution is 5.79. The van der Waals surface area contributed by atoms with E-state index in [0.717, 1.165) is 51.5 Å². The number of fused-ring (bicyclic) bond motifs is 1. The van der Waals surface area contributed by atoms with Gasteiger partial charge >= 0.3 is 12.1 Å². The van der Waals surface area contributed by atoms with Gasteiger partial charge in [0.1, 0.15) is 0 Å². The summed E-state index contributed by atoms with van der Waals surface area (Å²) in [4.78, 5) is 24.0. The second-order valence-electron chi connectivity index (χ2n) is 8.45. The second kappa shape index (κ2) is 10.5. The molecule has 3 aliphatic rings. The zero-order valence-corrected chi connectivity index (χ0v) is 17.3. The number of carbonyl (C=O) groups excluding carboxylic acids is 1. The fraction of sp³-hybridized carbons (Fsp3) is 0.636. The number of carboxylic acids is 1. The van der Waals surface area contributed by atoms with E-state index in [0.29, 0.717) is 5.92 Å². The predicted molar refractivity (Wildman–Crippen MR) is 107 cm³/mol. The van der Waals surface area contributed by atoms with Crippen LogP contribution in [0.3, 0.4) is 0 Å². The molecule has 0 aromatic heterocycles. The number of aliphatic carboxylic acids is 1. The second-order valence-corrected chi connectivity index (χ2v) is 8.45. The Morgan fingerprint density at radius 3 is 2.42 bits per heavy atom. The van der Waals surface area contributed by atoms with Gasteiger partial charge in [-0.25, -0.2) is 4.79 Å². The summed E-state index contributed by atoms with van der Waals surface area (Å²) < 4.78 is 37.7. The minimum atomic E-state index is -5.08. The number of ether oxygens (including phenoxy) is 1. The van der Waals surface area contributed by atoms with E-state index in [4.69, 9.17) is 14.6 Å². The van der Waals surface area contributed by atoms with Crippen molar-refractivity contribution < 1.29 is 32.6 Å². The molecule has 0 bridgehead atoms. The first-order chi connectivity index (χ1) is 14.7. The molecule has 1 aromatic rings. The molecule has 0 unspecified atom stereocenters. The lowest BCUT2D eigenvalue weighted by molar-refractivity contribution is -0.192. The molecule has 6 nitrogen and oxygen atoms in total. The van der Waals surface area contributed by atoms with E-state index < -0.39 is 12.1 Å². The number of halogens is 3. The summed E-state index contributed by atoms with van der Waals surface area (Å²) >= 11 is 0. The van der Waals surface area contributed by atoms with Crippen molar-refractivity contribution in [1.82, 2.24) is 10.2 Å². The first-order valence-corrected chi connectivity index (χ1v) is 10.7. The molecule has 2 heterocycles. The molecule has 3 fully saturated rings. The molecule has 1 amide bonds. The van der Waals surface area contributed by atoms with Crippen molar-refractivity contribution in [2.45, 2.75) is 38.0 Å². The molecule has 2 N–H and O–H groups in total. The van der Waals surface area contributed by atoms with E-state index in [2.05, 4.69) is 40.5 Å². The van der Waals surface area contributed by atoms with Gasteiger partial charge in [0.05, 0.1) is 12.0 Å². The molecule has 4 rings (SSSR count). The standard InChI is InChI=1S/C20H28N2O2.C2HF3O2/c23-20(21-12-16-6-7-16)18-13-22(14-19-17(18)9-11-24-19)10-8-15-4-2-1-3-5-15;3-2(4,5)1(6)7/h1-5,16-19H,6-14H2,(H,21,23);(H,6,7)/t17-,18-,19+;/m0./s1. The normalized spacial score (nSPS) is 25.8. The molecular weight excluding hydrogens is 413 g/mol. The van der Waals surface area contributed by atoms with Crippen molar-refractivity contribution >= 4 is 11.9 Å². The minimum absolute atomic E-state index is 0.0979. The fourth-order valence-corrected chi connectivity index (χ4v) is 4.15. The molecule has 1 aromatic carbocycles. The minimum Gasteiger partial charge on any atom is -0.475 e. The van der Waals surface area contributed by atoms with Crippen LogP contribution < -0.4 is 5.32 Å². The summed E-state index contributed by atoms with van der Waals surface area (Å²) in [6, 6.07) is 10.6. The summed E-state index contributed by atoms with van der Waals surface area (Å²) in [5.74, 6) is -1.25. The summed E-state index contributed by atoms with van der Waals surface area (Å²) in [6.07, 6.45) is -0.203. The zero-order valence-electron chi connectivity index (χ0n) is 17.3. The Morgan fingerprint density at radius 1 is 1.13 bits per heavy atom. The molecule has 1 aliphatic carbocycles. The average molecular weight is 442 g/mol. The third kappa shape index (κ3) is 7.21. The van der Waals surface area contributed by atoms with Gasteiger partial charge in [-0.15, -0.1) is 0 Å². The van der Waals surface area contributed by atoms with Crippen LogP contribution >= 0.6 is 0 Å². The largest absolute Gasteiger partial charge is 0.490 e. The van der Waals surface area contributed by atoms with Crippen LogP contribution in [0.5, 0.6) is 0 Å². The van der Waals surface area contributed by atoms with Gasteiger partial charge in [0, 0.05) is 38.7 Å². The third-order valence-electron chi connectivity index (χ3n) is 6.07. The molecule has 31 heavy (non-hydrogen) atoms. The van der Waals surface area contributed by atoms with E-state index in [1.165, 1.54) is 18.4 Å². The number of carboxylic acid groups (broad SMARTS) is 1. The molecule has 0 spiro atoms. The van der Waals surface area contributed by atoms with Crippen molar-refractivity contribution in [2.75, 3.05) is 32.8 Å².